The SMILES string of the molecule is NNC(c1cccc(C(F)(F)F)c1)c1cc(Cl)ccc1Br. The van der Waals surface area contributed by atoms with Gasteiger partial charge in [0.1, 0.15) is 0 Å². The molecule has 0 fully saturated rings. The van der Waals surface area contributed by atoms with Crippen molar-refractivity contribution in [3.8, 4) is 0 Å². The van der Waals surface area contributed by atoms with Crippen LogP contribution in [0.1, 0.15) is 22.7 Å². The Bertz CT molecular complexity index is 646. The third kappa shape index (κ3) is 3.77. The van der Waals surface area contributed by atoms with Gasteiger partial charge in [0.05, 0.1) is 11.6 Å². The minimum Gasteiger partial charge on any atom is -0.271 e. The van der Waals surface area contributed by atoms with E-state index in [9.17, 15) is 13.2 Å². The Balaban J connectivity index is 2.49. The molecule has 0 bridgehead atoms. The number of alkyl halides is 3. The molecule has 0 aliphatic rings. The van der Waals surface area contributed by atoms with E-state index in [2.05, 4.69) is 21.4 Å². The van der Waals surface area contributed by atoms with Crippen molar-refractivity contribution in [2.75, 3.05) is 0 Å². The van der Waals surface area contributed by atoms with Crippen LogP contribution in [-0.4, -0.2) is 0 Å². The molecule has 0 aliphatic heterocycles. The van der Waals surface area contributed by atoms with Crippen LogP contribution in [0.5, 0.6) is 0 Å². The number of rotatable bonds is 3. The van der Waals surface area contributed by atoms with Gasteiger partial charge in [-0.1, -0.05) is 39.7 Å². The van der Waals surface area contributed by atoms with Crippen molar-refractivity contribution in [3.63, 3.8) is 0 Å². The average molecular weight is 380 g/mol. The van der Waals surface area contributed by atoms with Crippen molar-refractivity contribution in [1.82, 2.24) is 5.43 Å². The first-order valence-electron chi connectivity index (χ1n) is 5.91. The molecule has 1 unspecified atom stereocenters. The minimum atomic E-state index is -4.40. The average Bonchev–Trinajstić information content (AvgIpc) is 2.43. The molecule has 7 heteroatoms. The van der Waals surface area contributed by atoms with E-state index in [0.29, 0.717) is 20.6 Å². The lowest BCUT2D eigenvalue weighted by molar-refractivity contribution is -0.137. The molecule has 0 aromatic heterocycles. The lowest BCUT2D eigenvalue weighted by atomic mass is 9.97. The number of halogens is 5. The normalized spacial score (nSPS) is 13.2. The summed E-state index contributed by atoms with van der Waals surface area (Å²) < 4.78 is 39.1. The van der Waals surface area contributed by atoms with Gasteiger partial charge in [-0.25, -0.2) is 5.43 Å². The molecule has 21 heavy (non-hydrogen) atoms. The summed E-state index contributed by atoms with van der Waals surface area (Å²) in [7, 11) is 0. The number of nitrogens with two attached hydrogens (primary N) is 1. The number of benzene rings is 2. The van der Waals surface area contributed by atoms with Crippen molar-refractivity contribution in [2.24, 2.45) is 5.84 Å². The molecule has 2 aromatic carbocycles. The van der Waals surface area contributed by atoms with Crippen LogP contribution >= 0.6 is 27.5 Å². The van der Waals surface area contributed by atoms with Gasteiger partial charge in [0.15, 0.2) is 0 Å². The van der Waals surface area contributed by atoms with Crippen molar-refractivity contribution in [2.45, 2.75) is 12.2 Å². The summed E-state index contributed by atoms with van der Waals surface area (Å²) in [5, 5.41) is 0.473. The molecule has 0 saturated carbocycles. The van der Waals surface area contributed by atoms with E-state index in [1.165, 1.54) is 6.07 Å². The minimum absolute atomic E-state index is 0.398. The molecule has 0 heterocycles. The molecule has 3 N–H and O–H groups in total. The number of hydrogen-bond donors (Lipinski definition) is 2. The van der Waals surface area contributed by atoms with Gasteiger partial charge in [0, 0.05) is 9.50 Å². The van der Waals surface area contributed by atoms with Crippen LogP contribution < -0.4 is 11.3 Å². The second kappa shape index (κ2) is 6.36. The van der Waals surface area contributed by atoms with E-state index in [0.717, 1.165) is 12.1 Å². The molecule has 112 valence electrons. The van der Waals surface area contributed by atoms with E-state index < -0.39 is 17.8 Å². The van der Waals surface area contributed by atoms with Gasteiger partial charge in [-0.15, -0.1) is 0 Å². The quantitative estimate of drug-likeness (QED) is 0.600. The largest absolute Gasteiger partial charge is 0.416 e. The summed E-state index contributed by atoms with van der Waals surface area (Å²) in [6.45, 7) is 0. The Kier molecular flexibility index (Phi) is 4.93. The smallest absolute Gasteiger partial charge is 0.271 e. The van der Waals surface area contributed by atoms with E-state index in [1.54, 1.807) is 24.3 Å². The van der Waals surface area contributed by atoms with E-state index >= 15 is 0 Å². The molecule has 0 spiro atoms. The zero-order valence-electron chi connectivity index (χ0n) is 10.6. The van der Waals surface area contributed by atoms with Gasteiger partial charge in [-0.2, -0.15) is 13.2 Å². The van der Waals surface area contributed by atoms with Gasteiger partial charge < -0.3 is 0 Å². The van der Waals surface area contributed by atoms with Crippen molar-refractivity contribution < 1.29 is 13.2 Å². The highest BCUT2D eigenvalue weighted by atomic mass is 79.9. The summed E-state index contributed by atoms with van der Waals surface area (Å²) in [6, 6.07) is 9.44. The Morgan fingerprint density at radius 2 is 1.86 bits per heavy atom. The Labute approximate surface area is 133 Å². The van der Waals surface area contributed by atoms with Crippen LogP contribution in [-0.2, 0) is 6.18 Å². The van der Waals surface area contributed by atoms with E-state index in [1.807, 2.05) is 0 Å². The van der Waals surface area contributed by atoms with Gasteiger partial charge in [0.25, 0.3) is 0 Å². The molecule has 2 aromatic rings. The maximum absolute atomic E-state index is 12.8. The third-order valence-corrected chi connectivity index (χ3v) is 3.94. The van der Waals surface area contributed by atoms with Crippen LogP contribution in [0.3, 0.4) is 0 Å². The van der Waals surface area contributed by atoms with Crippen LogP contribution in [0.15, 0.2) is 46.9 Å². The molecule has 0 radical (unpaired) electrons. The molecule has 2 rings (SSSR count). The van der Waals surface area contributed by atoms with Crippen molar-refractivity contribution in [3.05, 3.63) is 68.7 Å². The fourth-order valence-corrected chi connectivity index (χ4v) is 2.65. The van der Waals surface area contributed by atoms with Gasteiger partial charge in [0.2, 0.25) is 0 Å². The van der Waals surface area contributed by atoms with Crippen molar-refractivity contribution >= 4 is 27.5 Å². The monoisotopic (exact) mass is 378 g/mol. The second-order valence-corrected chi connectivity index (χ2v) is 5.68. The topological polar surface area (TPSA) is 38.0 Å². The number of hydrazine groups is 1. The predicted molar refractivity (Wildman–Crippen MR) is 79.8 cm³/mol. The van der Waals surface area contributed by atoms with Crippen LogP contribution in [0.2, 0.25) is 5.02 Å². The lowest BCUT2D eigenvalue weighted by Gasteiger charge is -2.20. The van der Waals surface area contributed by atoms with E-state index in [4.69, 9.17) is 17.4 Å². The Morgan fingerprint density at radius 1 is 1.14 bits per heavy atom. The second-order valence-electron chi connectivity index (χ2n) is 4.39. The summed E-state index contributed by atoms with van der Waals surface area (Å²) in [4.78, 5) is 0. The summed E-state index contributed by atoms with van der Waals surface area (Å²) >= 11 is 9.29. The molecular weight excluding hydrogens is 369 g/mol. The fourth-order valence-electron chi connectivity index (χ4n) is 2.00. The maximum atomic E-state index is 12.8. The van der Waals surface area contributed by atoms with Crippen LogP contribution in [0.25, 0.3) is 0 Å². The first kappa shape index (κ1) is 16.3. The molecular formula is C14H11BrClF3N2. The van der Waals surface area contributed by atoms with Crippen LogP contribution in [0, 0.1) is 0 Å². The van der Waals surface area contributed by atoms with Gasteiger partial charge in [-0.05, 0) is 41.5 Å². The highest BCUT2D eigenvalue weighted by molar-refractivity contribution is 9.10. The molecule has 0 aliphatic carbocycles. The molecule has 1 atom stereocenters. The maximum Gasteiger partial charge on any atom is 0.416 e. The lowest BCUT2D eigenvalue weighted by Crippen LogP contribution is -2.29. The third-order valence-electron chi connectivity index (χ3n) is 2.98. The van der Waals surface area contributed by atoms with Gasteiger partial charge in [-0.3, -0.25) is 5.84 Å². The van der Waals surface area contributed by atoms with Crippen molar-refractivity contribution in [1.29, 1.82) is 0 Å². The van der Waals surface area contributed by atoms with Crippen LogP contribution in [0.4, 0.5) is 13.2 Å². The first-order chi connectivity index (χ1) is 9.82. The Morgan fingerprint density at radius 3 is 2.48 bits per heavy atom. The highest BCUT2D eigenvalue weighted by Crippen LogP contribution is 2.34. The first-order valence-corrected chi connectivity index (χ1v) is 7.08. The summed E-state index contributed by atoms with van der Waals surface area (Å²) in [5.41, 5.74) is 2.86. The zero-order valence-corrected chi connectivity index (χ0v) is 12.9. The molecule has 2 nitrogen and oxygen atoms in total. The number of hydrogen-bond acceptors (Lipinski definition) is 2. The standard InChI is InChI=1S/C14H11BrClF3N2/c15-12-5-4-10(16)7-11(12)13(21-20)8-2-1-3-9(6-8)14(17,18)19/h1-7,13,21H,20H2. The fraction of sp³-hybridized carbons (Fsp3) is 0.143. The molecule has 0 amide bonds. The summed E-state index contributed by atoms with van der Waals surface area (Å²) in [6.07, 6.45) is -4.40. The van der Waals surface area contributed by atoms with E-state index in [-0.39, 0.29) is 0 Å². The van der Waals surface area contributed by atoms with Gasteiger partial charge >= 0.3 is 6.18 Å². The zero-order chi connectivity index (χ0) is 15.6. The summed E-state index contributed by atoms with van der Waals surface area (Å²) in [5.74, 6) is 5.52. The number of nitrogens with one attached hydrogen (secondary N) is 1. The Hall–Kier alpha value is -1.08. The highest BCUT2D eigenvalue weighted by Gasteiger charge is 2.31. The predicted octanol–water partition coefficient (Wildman–Crippen LogP) is 4.67. The molecule has 0 saturated heterocycles.